The highest BCUT2D eigenvalue weighted by molar-refractivity contribution is 6.74. The summed E-state index contributed by atoms with van der Waals surface area (Å²) in [5, 5.41) is 4.17. The Morgan fingerprint density at radius 2 is 2.07 bits per heavy atom. The monoisotopic (exact) mass is 225 g/mol. The zero-order chi connectivity index (χ0) is 11.5. The third kappa shape index (κ3) is 3.23. The van der Waals surface area contributed by atoms with Crippen LogP contribution in [0.3, 0.4) is 0 Å². The van der Waals surface area contributed by atoms with E-state index in [2.05, 4.69) is 39.0 Å². The molecule has 0 aliphatic heterocycles. The Morgan fingerprint density at radius 1 is 1.40 bits per heavy atom. The first-order valence-electron chi connectivity index (χ1n) is 5.08. The fourth-order valence-electron chi connectivity index (χ4n) is 0.712. The SMILES string of the molecule is CC(C)(C)[Si](C)(C)O/N=C/c1ccco1. The highest BCUT2D eigenvalue weighted by Gasteiger charge is 2.39. The number of oxime groups is 1. The van der Waals surface area contributed by atoms with Crippen molar-refractivity contribution in [1.29, 1.82) is 0 Å². The second-order valence-corrected chi connectivity index (χ2v) is 9.80. The molecule has 0 fully saturated rings. The summed E-state index contributed by atoms with van der Waals surface area (Å²) in [6, 6.07) is 3.67. The minimum Gasteiger partial charge on any atom is -0.463 e. The lowest BCUT2D eigenvalue weighted by molar-refractivity contribution is 0.309. The Kier molecular flexibility index (Phi) is 3.39. The molecule has 0 N–H and O–H groups in total. The molecule has 1 rings (SSSR count). The van der Waals surface area contributed by atoms with Crippen LogP contribution in [-0.2, 0) is 4.53 Å². The van der Waals surface area contributed by atoms with Crippen LogP contribution in [0.1, 0.15) is 26.5 Å². The molecule has 84 valence electrons. The molecule has 0 bridgehead atoms. The van der Waals surface area contributed by atoms with Gasteiger partial charge >= 0.3 is 0 Å². The Labute approximate surface area is 92.2 Å². The van der Waals surface area contributed by atoms with E-state index in [1.807, 2.05) is 12.1 Å². The molecule has 1 aromatic heterocycles. The standard InChI is InChI=1S/C11H19NO2Si/c1-11(2,3)15(4,5)14-12-9-10-7-6-8-13-10/h6-9H,1-5H3/b12-9+. The van der Waals surface area contributed by atoms with E-state index in [4.69, 9.17) is 8.94 Å². The number of furan rings is 1. The van der Waals surface area contributed by atoms with Crippen molar-refractivity contribution in [1.82, 2.24) is 0 Å². The van der Waals surface area contributed by atoms with Crippen molar-refractivity contribution in [2.75, 3.05) is 0 Å². The summed E-state index contributed by atoms with van der Waals surface area (Å²) in [6.07, 6.45) is 3.23. The van der Waals surface area contributed by atoms with Crippen LogP contribution < -0.4 is 0 Å². The second-order valence-electron chi connectivity index (χ2n) is 5.10. The van der Waals surface area contributed by atoms with Gasteiger partial charge in [0.15, 0.2) is 0 Å². The number of hydrogen-bond acceptors (Lipinski definition) is 3. The summed E-state index contributed by atoms with van der Waals surface area (Å²) in [5.74, 6) is 0.716. The van der Waals surface area contributed by atoms with Crippen LogP contribution in [0.15, 0.2) is 28.0 Å². The molecule has 0 aromatic carbocycles. The van der Waals surface area contributed by atoms with Crippen LogP contribution in [0.5, 0.6) is 0 Å². The highest BCUT2D eigenvalue weighted by Crippen LogP contribution is 2.36. The first-order valence-corrected chi connectivity index (χ1v) is 7.99. The molecule has 15 heavy (non-hydrogen) atoms. The molecule has 0 radical (unpaired) electrons. The first kappa shape index (κ1) is 12.0. The summed E-state index contributed by atoms with van der Waals surface area (Å²) in [6.45, 7) is 10.9. The summed E-state index contributed by atoms with van der Waals surface area (Å²) < 4.78 is 10.7. The normalized spacial score (nSPS) is 13.4. The van der Waals surface area contributed by atoms with Crippen molar-refractivity contribution in [3.05, 3.63) is 24.2 Å². The van der Waals surface area contributed by atoms with Gasteiger partial charge in [-0.25, -0.2) is 0 Å². The van der Waals surface area contributed by atoms with E-state index in [9.17, 15) is 0 Å². The molecule has 0 aliphatic rings. The maximum atomic E-state index is 5.62. The Bertz CT molecular complexity index is 323. The second kappa shape index (κ2) is 4.22. The van der Waals surface area contributed by atoms with Gasteiger partial charge in [-0.15, -0.1) is 5.16 Å². The molecule has 0 aliphatic carbocycles. The van der Waals surface area contributed by atoms with Crippen LogP contribution in [0.25, 0.3) is 0 Å². The van der Waals surface area contributed by atoms with E-state index in [-0.39, 0.29) is 5.04 Å². The Morgan fingerprint density at radius 3 is 2.53 bits per heavy atom. The predicted molar refractivity (Wildman–Crippen MR) is 64.6 cm³/mol. The average molecular weight is 225 g/mol. The molecular formula is C11H19NO2Si. The number of rotatable bonds is 3. The van der Waals surface area contributed by atoms with Crippen molar-refractivity contribution in [3.8, 4) is 0 Å². The lowest BCUT2D eigenvalue weighted by Crippen LogP contribution is -2.39. The van der Waals surface area contributed by atoms with E-state index in [0.29, 0.717) is 5.76 Å². The fraction of sp³-hybridized carbons (Fsp3) is 0.545. The maximum absolute atomic E-state index is 5.62. The van der Waals surface area contributed by atoms with E-state index < -0.39 is 8.32 Å². The van der Waals surface area contributed by atoms with Gasteiger partial charge in [0.2, 0.25) is 0 Å². The molecule has 1 aromatic rings. The molecule has 0 saturated carbocycles. The zero-order valence-electron chi connectivity index (χ0n) is 10.1. The van der Waals surface area contributed by atoms with Crippen molar-refractivity contribution < 1.29 is 8.94 Å². The van der Waals surface area contributed by atoms with E-state index in [1.165, 1.54) is 0 Å². The Hall–Kier alpha value is -1.03. The van der Waals surface area contributed by atoms with E-state index in [1.54, 1.807) is 12.5 Å². The van der Waals surface area contributed by atoms with Gasteiger partial charge in [-0.2, -0.15) is 0 Å². The first-order chi connectivity index (χ1) is 6.83. The summed E-state index contributed by atoms with van der Waals surface area (Å²) in [7, 11) is -1.78. The van der Waals surface area contributed by atoms with Crippen LogP contribution in [0, 0.1) is 0 Å². The fourth-order valence-corrected chi connectivity index (χ4v) is 1.30. The molecule has 1 heterocycles. The number of hydrogen-bond donors (Lipinski definition) is 0. The predicted octanol–water partition coefficient (Wildman–Crippen LogP) is 3.64. The molecule has 3 nitrogen and oxygen atoms in total. The van der Waals surface area contributed by atoms with Gasteiger partial charge in [-0.1, -0.05) is 20.8 Å². The minimum atomic E-state index is -1.78. The van der Waals surface area contributed by atoms with Gasteiger partial charge in [0.05, 0.1) is 6.26 Å². The topological polar surface area (TPSA) is 34.7 Å². The minimum absolute atomic E-state index is 0.174. The summed E-state index contributed by atoms with van der Waals surface area (Å²) >= 11 is 0. The van der Waals surface area contributed by atoms with Crippen molar-refractivity contribution in [2.45, 2.75) is 38.9 Å². The van der Waals surface area contributed by atoms with Gasteiger partial charge in [0.1, 0.15) is 12.0 Å². The van der Waals surface area contributed by atoms with Crippen molar-refractivity contribution >= 4 is 14.5 Å². The smallest absolute Gasteiger partial charge is 0.286 e. The van der Waals surface area contributed by atoms with Crippen LogP contribution in [0.2, 0.25) is 18.1 Å². The summed E-state index contributed by atoms with van der Waals surface area (Å²) in [5.41, 5.74) is 0. The molecule has 4 heteroatoms. The van der Waals surface area contributed by atoms with E-state index >= 15 is 0 Å². The van der Waals surface area contributed by atoms with Gasteiger partial charge in [0, 0.05) is 0 Å². The molecule has 0 amide bonds. The molecular weight excluding hydrogens is 206 g/mol. The molecule has 0 unspecified atom stereocenters. The third-order valence-electron chi connectivity index (χ3n) is 2.81. The third-order valence-corrected chi connectivity index (χ3v) is 6.98. The molecule has 0 spiro atoms. The van der Waals surface area contributed by atoms with E-state index in [0.717, 1.165) is 0 Å². The van der Waals surface area contributed by atoms with Gasteiger partial charge in [0.25, 0.3) is 8.32 Å². The largest absolute Gasteiger partial charge is 0.463 e. The highest BCUT2D eigenvalue weighted by atomic mass is 28.4. The molecule has 0 saturated heterocycles. The Balaban J connectivity index is 2.57. The zero-order valence-corrected chi connectivity index (χ0v) is 11.1. The van der Waals surface area contributed by atoms with Gasteiger partial charge < -0.3 is 8.94 Å². The van der Waals surface area contributed by atoms with Gasteiger partial charge in [-0.05, 0) is 30.3 Å². The van der Waals surface area contributed by atoms with Crippen LogP contribution in [-0.4, -0.2) is 14.5 Å². The quantitative estimate of drug-likeness (QED) is 0.447. The van der Waals surface area contributed by atoms with Crippen LogP contribution >= 0.6 is 0 Å². The lowest BCUT2D eigenvalue weighted by Gasteiger charge is -2.32. The van der Waals surface area contributed by atoms with Crippen molar-refractivity contribution in [2.24, 2.45) is 5.16 Å². The summed E-state index contributed by atoms with van der Waals surface area (Å²) in [4.78, 5) is 0. The maximum Gasteiger partial charge on any atom is 0.286 e. The van der Waals surface area contributed by atoms with Crippen molar-refractivity contribution in [3.63, 3.8) is 0 Å². The average Bonchev–Trinajstić information content (AvgIpc) is 2.54. The number of nitrogens with zero attached hydrogens (tertiary/aromatic N) is 1. The van der Waals surface area contributed by atoms with Gasteiger partial charge in [-0.3, -0.25) is 0 Å². The molecule has 0 atom stereocenters. The van der Waals surface area contributed by atoms with Crippen LogP contribution in [0.4, 0.5) is 0 Å². The lowest BCUT2D eigenvalue weighted by atomic mass is 10.2.